The van der Waals surface area contributed by atoms with E-state index in [2.05, 4.69) is 9.72 Å². The van der Waals surface area contributed by atoms with E-state index in [1.807, 2.05) is 0 Å². The molecule has 0 saturated heterocycles. The number of nitrogens with zero attached hydrogens (tertiary/aromatic N) is 1. The minimum absolute atomic E-state index is 0.0629. The molecule has 0 radical (unpaired) electrons. The van der Waals surface area contributed by atoms with E-state index in [-0.39, 0.29) is 23.0 Å². The van der Waals surface area contributed by atoms with Crippen LogP contribution in [-0.2, 0) is 4.74 Å². The molecule has 1 aromatic rings. The molecule has 0 aliphatic heterocycles. The summed E-state index contributed by atoms with van der Waals surface area (Å²) in [5, 5.41) is 10.4. The number of aromatic amines is 1. The van der Waals surface area contributed by atoms with Crippen LogP contribution in [0.5, 0.6) is 0 Å². The second kappa shape index (κ2) is 4.70. The maximum Gasteiger partial charge on any atom is 0.353 e. The van der Waals surface area contributed by atoms with Crippen LogP contribution in [0.25, 0.3) is 0 Å². The fourth-order valence-electron chi connectivity index (χ4n) is 0.933. The van der Waals surface area contributed by atoms with Gasteiger partial charge in [0.15, 0.2) is 6.20 Å². The van der Waals surface area contributed by atoms with Crippen molar-refractivity contribution in [2.24, 2.45) is 0 Å². The molecule has 15 heavy (non-hydrogen) atoms. The highest BCUT2D eigenvalue weighted by atomic mass is 35.5. The van der Waals surface area contributed by atoms with Crippen LogP contribution in [0, 0.1) is 10.1 Å². The lowest BCUT2D eigenvalue weighted by molar-refractivity contribution is -0.418. The van der Waals surface area contributed by atoms with Crippen LogP contribution < -0.4 is 4.98 Å². The van der Waals surface area contributed by atoms with Crippen molar-refractivity contribution in [1.29, 1.82) is 0 Å². The molecule has 0 unspecified atom stereocenters. The Hall–Kier alpha value is -1.69. The summed E-state index contributed by atoms with van der Waals surface area (Å²) in [6.07, 6.45) is 1.26. The van der Waals surface area contributed by atoms with Crippen molar-refractivity contribution in [2.45, 2.75) is 6.92 Å². The van der Waals surface area contributed by atoms with E-state index >= 15 is 0 Å². The summed E-state index contributed by atoms with van der Waals surface area (Å²) < 4.78 is 4.68. The van der Waals surface area contributed by atoms with E-state index in [1.165, 1.54) is 6.20 Å². The molecule has 0 amide bonds. The van der Waals surface area contributed by atoms with Crippen molar-refractivity contribution in [3.63, 3.8) is 0 Å². The maximum absolute atomic E-state index is 11.2. The molecule has 0 aliphatic rings. The van der Waals surface area contributed by atoms with E-state index in [1.54, 1.807) is 6.92 Å². The Labute approximate surface area is 90.0 Å². The number of halogens is 1. The summed E-state index contributed by atoms with van der Waals surface area (Å²) in [6, 6.07) is 1.07. The molecule has 0 atom stereocenters. The molecule has 1 rings (SSSR count). The third-order valence-electron chi connectivity index (χ3n) is 1.58. The Morgan fingerprint density at radius 1 is 1.73 bits per heavy atom. The Balaban J connectivity index is 3.07. The van der Waals surface area contributed by atoms with Crippen molar-refractivity contribution < 1.29 is 19.4 Å². The second-order valence-electron chi connectivity index (χ2n) is 2.57. The molecule has 7 heteroatoms. The van der Waals surface area contributed by atoms with Gasteiger partial charge in [-0.1, -0.05) is 0 Å². The number of hydrogen-bond donors (Lipinski definition) is 0. The first-order valence-corrected chi connectivity index (χ1v) is 4.46. The molecule has 6 nitrogen and oxygen atoms in total. The van der Waals surface area contributed by atoms with Crippen LogP contribution in [0.4, 0.5) is 5.69 Å². The Kier molecular flexibility index (Phi) is 3.56. The highest BCUT2D eigenvalue weighted by molar-refractivity contribution is 6.30. The van der Waals surface area contributed by atoms with E-state index in [0.29, 0.717) is 0 Å². The van der Waals surface area contributed by atoms with E-state index < -0.39 is 10.9 Å². The number of nitro groups is 1. The number of carbonyl (C=O) groups excluding carboxylic acids is 1. The van der Waals surface area contributed by atoms with Gasteiger partial charge in [-0.15, -0.1) is 0 Å². The molecule has 0 saturated carbocycles. The molecule has 1 aromatic heterocycles. The Morgan fingerprint density at radius 3 is 2.93 bits per heavy atom. The van der Waals surface area contributed by atoms with Gasteiger partial charge in [0.25, 0.3) is 0 Å². The van der Waals surface area contributed by atoms with Gasteiger partial charge in [-0.2, -0.15) is 4.98 Å². The number of hydrogen-bond acceptors (Lipinski definition) is 4. The first-order chi connectivity index (χ1) is 7.06. The molecule has 0 fully saturated rings. The number of nitrogens with one attached hydrogen (secondary N) is 1. The zero-order valence-electron chi connectivity index (χ0n) is 7.82. The summed E-state index contributed by atoms with van der Waals surface area (Å²) in [4.78, 5) is 23.5. The van der Waals surface area contributed by atoms with Crippen molar-refractivity contribution in [1.82, 2.24) is 0 Å². The van der Waals surface area contributed by atoms with Gasteiger partial charge in [0, 0.05) is 6.07 Å². The van der Waals surface area contributed by atoms with Crippen LogP contribution in [0.15, 0.2) is 12.3 Å². The molecule has 0 aromatic carbocycles. The minimum Gasteiger partial charge on any atom is -0.462 e. The molecule has 1 heterocycles. The smallest absolute Gasteiger partial charge is 0.353 e. The van der Waals surface area contributed by atoms with E-state index in [9.17, 15) is 14.9 Å². The SMILES string of the molecule is CCOC(=O)c1c[nH+]c(Cl)c([N+](=O)[O-])c1. The van der Waals surface area contributed by atoms with Crippen LogP contribution in [0.2, 0.25) is 5.15 Å². The zero-order valence-corrected chi connectivity index (χ0v) is 8.58. The molecule has 0 aliphatic carbocycles. The van der Waals surface area contributed by atoms with Crippen molar-refractivity contribution in [3.8, 4) is 0 Å². The summed E-state index contributed by atoms with van der Waals surface area (Å²) >= 11 is 5.52. The summed E-state index contributed by atoms with van der Waals surface area (Å²) in [5.74, 6) is -0.631. The van der Waals surface area contributed by atoms with Crippen molar-refractivity contribution >= 4 is 23.3 Å². The topological polar surface area (TPSA) is 83.6 Å². The van der Waals surface area contributed by atoms with Crippen LogP contribution in [-0.4, -0.2) is 17.5 Å². The molecule has 80 valence electrons. The average Bonchev–Trinajstić information content (AvgIpc) is 2.18. The molecule has 0 bridgehead atoms. The molecule has 1 N–H and O–H groups in total. The fourth-order valence-corrected chi connectivity index (χ4v) is 1.11. The van der Waals surface area contributed by atoms with Crippen molar-refractivity contribution in [3.05, 3.63) is 33.1 Å². The highest BCUT2D eigenvalue weighted by Crippen LogP contribution is 2.19. The van der Waals surface area contributed by atoms with Gasteiger partial charge in [0.2, 0.25) is 0 Å². The van der Waals surface area contributed by atoms with Gasteiger partial charge in [-0.05, 0) is 18.5 Å². The predicted molar refractivity (Wildman–Crippen MR) is 50.6 cm³/mol. The lowest BCUT2D eigenvalue weighted by atomic mass is 10.3. The number of H-pyrrole nitrogens is 1. The largest absolute Gasteiger partial charge is 0.462 e. The molecular weight excluding hydrogens is 224 g/mol. The first kappa shape index (κ1) is 11.4. The third-order valence-corrected chi connectivity index (χ3v) is 1.88. The third kappa shape index (κ3) is 2.63. The second-order valence-corrected chi connectivity index (χ2v) is 2.94. The van der Waals surface area contributed by atoms with Crippen LogP contribution in [0.3, 0.4) is 0 Å². The lowest BCUT2D eigenvalue weighted by Gasteiger charge is -1.98. The number of aromatic nitrogens is 1. The summed E-state index contributed by atoms with van der Waals surface area (Å²) in [7, 11) is 0. The van der Waals surface area contributed by atoms with E-state index in [0.717, 1.165) is 6.07 Å². The fraction of sp³-hybridized carbons (Fsp3) is 0.250. The normalized spacial score (nSPS) is 9.73. The lowest BCUT2D eigenvalue weighted by Crippen LogP contribution is -2.13. The quantitative estimate of drug-likeness (QED) is 0.339. The van der Waals surface area contributed by atoms with Crippen molar-refractivity contribution in [2.75, 3.05) is 6.61 Å². The highest BCUT2D eigenvalue weighted by Gasteiger charge is 2.22. The number of ether oxygens (including phenoxy) is 1. The van der Waals surface area contributed by atoms with Crippen LogP contribution >= 0.6 is 11.6 Å². The van der Waals surface area contributed by atoms with Crippen LogP contribution in [0.1, 0.15) is 17.3 Å². The monoisotopic (exact) mass is 231 g/mol. The molecular formula is C8H8ClN2O4+. The Morgan fingerprint density at radius 2 is 2.40 bits per heavy atom. The predicted octanol–water partition coefficient (Wildman–Crippen LogP) is 1.24. The summed E-state index contributed by atoms with van der Waals surface area (Å²) in [5.41, 5.74) is -0.296. The Bertz CT molecular complexity index is 408. The van der Waals surface area contributed by atoms with Gasteiger partial charge >= 0.3 is 16.8 Å². The number of rotatable bonds is 3. The van der Waals surface area contributed by atoms with Gasteiger partial charge in [-0.3, -0.25) is 10.1 Å². The average molecular weight is 232 g/mol. The number of carbonyl (C=O) groups is 1. The van der Waals surface area contributed by atoms with Gasteiger partial charge in [0.1, 0.15) is 5.56 Å². The van der Waals surface area contributed by atoms with E-state index in [4.69, 9.17) is 11.6 Å². The number of pyridine rings is 1. The summed E-state index contributed by atoms with van der Waals surface area (Å²) in [6.45, 7) is 1.85. The van der Waals surface area contributed by atoms with Gasteiger partial charge < -0.3 is 4.74 Å². The zero-order chi connectivity index (χ0) is 11.4. The maximum atomic E-state index is 11.2. The van der Waals surface area contributed by atoms with Gasteiger partial charge in [0.05, 0.1) is 11.5 Å². The minimum atomic E-state index is -0.679. The standard InChI is InChI=1S/C8H7ClN2O4/c1-2-15-8(12)5-3-6(11(13)14)7(9)10-4-5/h3-4H,2H2,1H3/p+1. The first-order valence-electron chi connectivity index (χ1n) is 4.09. The van der Waals surface area contributed by atoms with Gasteiger partial charge in [-0.25, -0.2) is 4.79 Å². The number of esters is 1. The molecule has 0 spiro atoms.